The highest BCUT2D eigenvalue weighted by Gasteiger charge is 2.36. The van der Waals surface area contributed by atoms with E-state index in [1.807, 2.05) is 31.2 Å². The second kappa shape index (κ2) is 23.9. The summed E-state index contributed by atoms with van der Waals surface area (Å²) in [5.41, 5.74) is 23.9. The van der Waals surface area contributed by atoms with Crippen LogP contribution in [-0.4, -0.2) is 104 Å². The van der Waals surface area contributed by atoms with Gasteiger partial charge in [0.05, 0.1) is 23.0 Å². The molecule has 1 aromatic heterocycles. The maximum Gasteiger partial charge on any atom is 0.254 e. The van der Waals surface area contributed by atoms with Crippen molar-refractivity contribution >= 4 is 29.5 Å². The summed E-state index contributed by atoms with van der Waals surface area (Å²) in [4.78, 5) is 76.6. The highest BCUT2D eigenvalue weighted by molar-refractivity contribution is 6.01. The van der Waals surface area contributed by atoms with Crippen molar-refractivity contribution < 1.29 is 33.4 Å². The maximum atomic E-state index is 14.7. The number of nitrogens with zero attached hydrogens (tertiary/aromatic N) is 3. The molecule has 0 saturated carbocycles. The van der Waals surface area contributed by atoms with Gasteiger partial charge in [0, 0.05) is 43.2 Å². The summed E-state index contributed by atoms with van der Waals surface area (Å²) in [6, 6.07) is 17.2. The molecule has 0 fully saturated rings. The molecule has 5 rings (SSSR count). The molecule has 1 aliphatic rings. The first-order valence-corrected chi connectivity index (χ1v) is 22.3. The van der Waals surface area contributed by atoms with Crippen molar-refractivity contribution in [1.29, 1.82) is 5.26 Å². The maximum absolute atomic E-state index is 14.7. The summed E-state index contributed by atoms with van der Waals surface area (Å²) < 4.78 is 12.2. The number of hydrogen-bond donors (Lipinski definition) is 7. The van der Waals surface area contributed by atoms with Crippen LogP contribution in [0.3, 0.4) is 0 Å². The van der Waals surface area contributed by atoms with Gasteiger partial charge in [0.15, 0.2) is 0 Å². The average Bonchev–Trinajstić information content (AvgIpc) is 3.30. The van der Waals surface area contributed by atoms with Crippen molar-refractivity contribution in [2.45, 2.75) is 84.0 Å². The van der Waals surface area contributed by atoms with E-state index < -0.39 is 53.7 Å². The fraction of sp³-hybridized carbons (Fsp3) is 0.408. The van der Waals surface area contributed by atoms with Gasteiger partial charge in [0.2, 0.25) is 23.6 Å². The molecule has 17 heteroatoms. The van der Waals surface area contributed by atoms with Crippen LogP contribution in [0, 0.1) is 25.2 Å². The second-order valence-electron chi connectivity index (χ2n) is 16.3. The summed E-state index contributed by atoms with van der Waals surface area (Å²) in [5, 5.41) is 20.0. The Morgan fingerprint density at radius 1 is 0.909 bits per heavy atom. The molecule has 3 aromatic carbocycles. The van der Waals surface area contributed by atoms with Gasteiger partial charge in [-0.05, 0) is 99.2 Å². The average molecular weight is 903 g/mol. The molecule has 0 spiro atoms. The number of nitrogens with two attached hydrogens (primary N) is 3. The molecule has 2 heterocycles. The Bertz CT molecular complexity index is 2400. The normalized spacial score (nSPS) is 16.4. The first-order valence-electron chi connectivity index (χ1n) is 22.3. The molecule has 350 valence electrons. The number of ether oxygens (including phenoxy) is 2. The van der Waals surface area contributed by atoms with Gasteiger partial charge < -0.3 is 52.8 Å². The zero-order chi connectivity index (χ0) is 47.9. The van der Waals surface area contributed by atoms with Gasteiger partial charge in [-0.3, -0.25) is 29.0 Å². The third-order valence-corrected chi connectivity index (χ3v) is 11.3. The molecule has 10 N–H and O–H groups in total. The highest BCUT2D eigenvalue weighted by atomic mass is 16.5. The number of hydrogen-bond acceptors (Lipinski definition) is 12. The van der Waals surface area contributed by atoms with Crippen molar-refractivity contribution in [2.75, 3.05) is 46.4 Å². The predicted octanol–water partition coefficient (Wildman–Crippen LogP) is 2.88. The number of pyridine rings is 1. The SMILES string of the molecule is CCCCc1ccc(-c2cc(C)c(C(=O)N[C@@H](CCN)C(=O)N(C)[C@@H]3C(=O)N[C@@H](C)C(=O)N[C@H](C(=O)NCC#N)Cc4ccc(OCCN)c(c4)-c4cc3ccc4OCCN)c(C)n2)cc1. The second-order valence-corrected chi connectivity index (χ2v) is 16.3. The molecule has 1 aliphatic heterocycles. The van der Waals surface area contributed by atoms with Gasteiger partial charge in [-0.1, -0.05) is 49.7 Å². The first-order chi connectivity index (χ1) is 31.7. The summed E-state index contributed by atoms with van der Waals surface area (Å²) in [6.45, 7) is 7.57. The molecule has 17 nitrogen and oxygen atoms in total. The van der Waals surface area contributed by atoms with Crippen molar-refractivity contribution in [1.82, 2.24) is 31.2 Å². The Kier molecular flexibility index (Phi) is 18.1. The molecule has 4 aromatic rings. The lowest BCUT2D eigenvalue weighted by molar-refractivity contribution is -0.141. The Labute approximate surface area is 386 Å². The highest BCUT2D eigenvalue weighted by Crippen LogP contribution is 2.40. The number of fused-ring (bicyclic) bond motifs is 5. The van der Waals surface area contributed by atoms with E-state index in [9.17, 15) is 29.2 Å². The van der Waals surface area contributed by atoms with E-state index in [1.54, 1.807) is 43.3 Å². The van der Waals surface area contributed by atoms with Crippen LogP contribution in [0.15, 0.2) is 66.7 Å². The number of carbonyl (C=O) groups excluding carboxylic acids is 5. The van der Waals surface area contributed by atoms with E-state index in [4.69, 9.17) is 31.7 Å². The van der Waals surface area contributed by atoms with E-state index in [2.05, 4.69) is 40.3 Å². The Morgan fingerprint density at radius 3 is 2.20 bits per heavy atom. The minimum absolute atomic E-state index is 0.00682. The van der Waals surface area contributed by atoms with Gasteiger partial charge in [-0.2, -0.15) is 5.26 Å². The molecule has 4 bridgehead atoms. The molecular formula is C49H62N10O7. The van der Waals surface area contributed by atoms with Crippen LogP contribution < -0.4 is 47.9 Å². The third-order valence-electron chi connectivity index (χ3n) is 11.3. The van der Waals surface area contributed by atoms with Gasteiger partial charge in [0.25, 0.3) is 5.91 Å². The molecule has 66 heavy (non-hydrogen) atoms. The number of carbonyl (C=O) groups is 5. The van der Waals surface area contributed by atoms with E-state index in [-0.39, 0.29) is 52.2 Å². The number of nitrogens with one attached hydrogen (secondary N) is 4. The van der Waals surface area contributed by atoms with Crippen LogP contribution in [0.1, 0.15) is 77.5 Å². The van der Waals surface area contributed by atoms with Crippen LogP contribution in [0.5, 0.6) is 11.5 Å². The third kappa shape index (κ3) is 12.5. The molecule has 0 radical (unpaired) electrons. The fourth-order valence-electron chi connectivity index (χ4n) is 7.91. The minimum atomic E-state index is -1.39. The predicted molar refractivity (Wildman–Crippen MR) is 251 cm³/mol. The summed E-state index contributed by atoms with van der Waals surface area (Å²) in [6.07, 6.45) is 3.23. The Hall–Kier alpha value is -6.87. The number of likely N-dealkylation sites (N-methyl/N-ethyl adjacent to an activating group) is 1. The lowest BCUT2D eigenvalue weighted by Crippen LogP contribution is -2.56. The van der Waals surface area contributed by atoms with Crippen molar-refractivity contribution in [3.8, 4) is 40.0 Å². The van der Waals surface area contributed by atoms with Gasteiger partial charge in [0.1, 0.15) is 55.4 Å². The number of amides is 5. The van der Waals surface area contributed by atoms with Gasteiger partial charge >= 0.3 is 0 Å². The number of nitriles is 1. The van der Waals surface area contributed by atoms with Gasteiger partial charge in [-0.15, -0.1) is 0 Å². The molecule has 0 saturated heterocycles. The van der Waals surface area contributed by atoms with Crippen LogP contribution in [0.25, 0.3) is 22.4 Å². The van der Waals surface area contributed by atoms with E-state index in [0.29, 0.717) is 56.3 Å². The number of unbranched alkanes of at least 4 members (excludes halogenated alkanes) is 1. The van der Waals surface area contributed by atoms with Crippen LogP contribution >= 0.6 is 0 Å². The van der Waals surface area contributed by atoms with Crippen molar-refractivity contribution in [2.24, 2.45) is 17.2 Å². The topological polar surface area (TPSA) is 270 Å². The number of benzene rings is 3. The summed E-state index contributed by atoms with van der Waals surface area (Å²) in [7, 11) is 1.43. The fourth-order valence-corrected chi connectivity index (χ4v) is 7.91. The number of aromatic nitrogens is 1. The molecule has 0 aliphatic carbocycles. The minimum Gasteiger partial charge on any atom is -0.492 e. The summed E-state index contributed by atoms with van der Waals surface area (Å²) >= 11 is 0. The Balaban J connectivity index is 1.56. The largest absolute Gasteiger partial charge is 0.492 e. The standard InChI is InChI=1S/C49H62N10O7/c1-6-7-8-32-9-12-34(13-10-32)39-25-29(2)43(30(3)55-39)47(62)57-38(17-18-50)49(64)59(5)44-35-14-16-42(66-24-21-53)37(28-35)36-26-33(11-15-41(36)65-23-20-52)27-40(46(61)54-22-19-51)58-45(60)31(4)56-48(44)63/h9-16,25-26,28,31,38,40,44H,6-8,17-18,20-24,27,50,52-53H2,1-5H3,(H,54,61)(H,56,63)(H,57,62)(H,58,60)/t31-,38-,40-,44-/m0/s1. The molecule has 0 unspecified atom stereocenters. The van der Waals surface area contributed by atoms with Gasteiger partial charge in [-0.25, -0.2) is 0 Å². The number of aryl methyl sites for hydroxylation is 3. The van der Waals surface area contributed by atoms with E-state index in [1.165, 1.54) is 24.4 Å². The zero-order valence-electron chi connectivity index (χ0n) is 38.4. The molecule has 4 atom stereocenters. The van der Waals surface area contributed by atoms with Crippen LogP contribution in [-0.2, 0) is 32.0 Å². The van der Waals surface area contributed by atoms with Crippen LogP contribution in [0.4, 0.5) is 0 Å². The van der Waals surface area contributed by atoms with E-state index >= 15 is 0 Å². The Morgan fingerprint density at radius 2 is 1.58 bits per heavy atom. The first kappa shape index (κ1) is 50.1. The smallest absolute Gasteiger partial charge is 0.254 e. The molecule has 5 amide bonds. The molecular weight excluding hydrogens is 841 g/mol. The monoisotopic (exact) mass is 902 g/mol. The van der Waals surface area contributed by atoms with Crippen molar-refractivity contribution in [3.05, 3.63) is 100 Å². The lowest BCUT2D eigenvalue weighted by atomic mass is 9.93. The summed E-state index contributed by atoms with van der Waals surface area (Å²) in [5.74, 6) is -2.44. The zero-order valence-corrected chi connectivity index (χ0v) is 38.4. The van der Waals surface area contributed by atoms with E-state index in [0.717, 1.165) is 24.8 Å². The van der Waals surface area contributed by atoms with Crippen LogP contribution in [0.2, 0.25) is 0 Å². The number of rotatable bonds is 18. The lowest BCUT2D eigenvalue weighted by Gasteiger charge is -2.32. The quantitative estimate of drug-likeness (QED) is 0.0711. The van der Waals surface area contributed by atoms with Crippen molar-refractivity contribution in [3.63, 3.8) is 0 Å².